The van der Waals surface area contributed by atoms with Gasteiger partial charge >= 0.3 is 0 Å². The van der Waals surface area contributed by atoms with E-state index < -0.39 is 0 Å². The van der Waals surface area contributed by atoms with Gasteiger partial charge in [0.05, 0.1) is 0 Å². The topological polar surface area (TPSA) is 15.3 Å². The van der Waals surface area contributed by atoms with Gasteiger partial charge < -0.3 is 5.32 Å². The summed E-state index contributed by atoms with van der Waals surface area (Å²) in [5.41, 5.74) is 0. The molecule has 4 atom stereocenters. The molecule has 0 aromatic heterocycles. The molecule has 15 heavy (non-hydrogen) atoms. The van der Waals surface area contributed by atoms with Gasteiger partial charge in [0.1, 0.15) is 0 Å². The molecule has 2 rings (SSSR count). The van der Waals surface area contributed by atoms with Gasteiger partial charge in [0, 0.05) is 18.1 Å². The van der Waals surface area contributed by atoms with Crippen molar-refractivity contribution in [2.45, 2.75) is 64.1 Å². The molecule has 0 spiro atoms. The highest BCUT2D eigenvalue weighted by atomic mass is 15.2. The van der Waals surface area contributed by atoms with Crippen LogP contribution in [0.5, 0.6) is 0 Å². The highest BCUT2D eigenvalue weighted by Crippen LogP contribution is 2.39. The number of likely N-dealkylation sites (tertiary alicyclic amines) is 1. The van der Waals surface area contributed by atoms with Gasteiger partial charge in [0.2, 0.25) is 0 Å². The van der Waals surface area contributed by atoms with Crippen LogP contribution in [0.2, 0.25) is 0 Å². The predicted octanol–water partition coefficient (Wildman–Crippen LogP) is 2.25. The zero-order chi connectivity index (χ0) is 10.8. The lowest BCUT2D eigenvalue weighted by Crippen LogP contribution is -2.54. The van der Waals surface area contributed by atoms with Gasteiger partial charge in [-0.3, -0.25) is 4.90 Å². The molecule has 2 aliphatic rings. The third-order valence-corrected chi connectivity index (χ3v) is 4.55. The van der Waals surface area contributed by atoms with E-state index >= 15 is 0 Å². The van der Waals surface area contributed by atoms with E-state index in [0.29, 0.717) is 0 Å². The van der Waals surface area contributed by atoms with Crippen molar-refractivity contribution < 1.29 is 0 Å². The Labute approximate surface area is 94.4 Å². The molecule has 2 fully saturated rings. The van der Waals surface area contributed by atoms with E-state index in [4.69, 9.17) is 0 Å². The Morgan fingerprint density at radius 3 is 2.53 bits per heavy atom. The number of hydrogen-bond acceptors (Lipinski definition) is 2. The van der Waals surface area contributed by atoms with Crippen molar-refractivity contribution in [1.82, 2.24) is 10.2 Å². The van der Waals surface area contributed by atoms with Crippen molar-refractivity contribution in [3.05, 3.63) is 0 Å². The van der Waals surface area contributed by atoms with E-state index in [1.807, 2.05) is 0 Å². The second kappa shape index (κ2) is 4.84. The molecule has 0 aromatic carbocycles. The minimum atomic E-state index is 0.833. The molecular weight excluding hydrogens is 184 g/mol. The van der Waals surface area contributed by atoms with Crippen LogP contribution in [-0.2, 0) is 0 Å². The third kappa shape index (κ3) is 2.07. The normalized spacial score (nSPS) is 41.8. The molecule has 0 amide bonds. The smallest absolute Gasteiger partial charge is 0.0141 e. The number of hydrogen-bond donors (Lipinski definition) is 1. The number of rotatable bonds is 4. The first-order valence-electron chi connectivity index (χ1n) is 6.70. The quantitative estimate of drug-likeness (QED) is 0.765. The van der Waals surface area contributed by atoms with Gasteiger partial charge in [0.25, 0.3) is 0 Å². The third-order valence-electron chi connectivity index (χ3n) is 4.55. The summed E-state index contributed by atoms with van der Waals surface area (Å²) in [6.45, 7) is 5.98. The Hall–Kier alpha value is -0.0800. The Balaban J connectivity index is 1.96. The number of nitrogens with zero attached hydrogens (tertiary/aromatic N) is 1. The zero-order valence-corrected chi connectivity index (χ0v) is 10.5. The molecule has 1 aliphatic carbocycles. The molecule has 1 N–H and O–H groups in total. The summed E-state index contributed by atoms with van der Waals surface area (Å²) >= 11 is 0. The lowest BCUT2D eigenvalue weighted by Gasteiger charge is -2.47. The van der Waals surface area contributed by atoms with Crippen LogP contribution in [0.4, 0.5) is 0 Å². The second-order valence-corrected chi connectivity index (χ2v) is 5.40. The van der Waals surface area contributed by atoms with Crippen molar-refractivity contribution in [2.24, 2.45) is 5.92 Å². The summed E-state index contributed by atoms with van der Waals surface area (Å²) in [4.78, 5) is 2.84. The van der Waals surface area contributed by atoms with Crippen LogP contribution < -0.4 is 5.32 Å². The fourth-order valence-corrected chi connectivity index (χ4v) is 3.55. The van der Waals surface area contributed by atoms with Crippen LogP contribution in [0.15, 0.2) is 0 Å². The molecule has 2 nitrogen and oxygen atoms in total. The van der Waals surface area contributed by atoms with Crippen LogP contribution in [0, 0.1) is 5.92 Å². The van der Waals surface area contributed by atoms with Crippen molar-refractivity contribution in [3.63, 3.8) is 0 Å². The van der Waals surface area contributed by atoms with E-state index in [0.717, 1.165) is 24.0 Å². The lowest BCUT2D eigenvalue weighted by molar-refractivity contribution is 0.0267. The van der Waals surface area contributed by atoms with Crippen molar-refractivity contribution in [3.8, 4) is 0 Å². The molecule has 1 saturated carbocycles. The fourth-order valence-electron chi connectivity index (χ4n) is 3.55. The molecule has 1 heterocycles. The highest BCUT2D eigenvalue weighted by molar-refractivity contribution is 4.97. The largest absolute Gasteiger partial charge is 0.319 e. The predicted molar refractivity (Wildman–Crippen MR) is 65.1 cm³/mol. The fraction of sp³-hybridized carbons (Fsp3) is 1.00. The standard InChI is InChI=1S/C13H26N2/c1-4-12-7-5-10(2)15(12)13-8-6-11(13)9-14-3/h10-14H,4-9H2,1-3H3. The molecule has 0 aromatic rings. The van der Waals surface area contributed by atoms with Gasteiger partial charge in [-0.05, 0) is 58.5 Å². The summed E-state index contributed by atoms with van der Waals surface area (Å²) in [5, 5.41) is 3.34. The van der Waals surface area contributed by atoms with Crippen LogP contribution in [0.25, 0.3) is 0 Å². The van der Waals surface area contributed by atoms with Crippen molar-refractivity contribution in [1.29, 1.82) is 0 Å². The summed E-state index contributed by atoms with van der Waals surface area (Å²) in [6, 6.07) is 2.60. The van der Waals surface area contributed by atoms with E-state index in [-0.39, 0.29) is 0 Å². The SMILES string of the molecule is CCC1CCC(C)N1C1CCC1CNC. The maximum Gasteiger partial charge on any atom is 0.0141 e. The molecule has 2 heteroatoms. The Bertz CT molecular complexity index is 205. The molecule has 4 unspecified atom stereocenters. The van der Waals surface area contributed by atoms with Crippen LogP contribution in [0.1, 0.15) is 46.0 Å². The van der Waals surface area contributed by atoms with Gasteiger partial charge in [-0.1, -0.05) is 6.92 Å². The number of nitrogens with one attached hydrogen (secondary N) is 1. The van der Waals surface area contributed by atoms with Crippen molar-refractivity contribution >= 4 is 0 Å². The van der Waals surface area contributed by atoms with E-state index in [9.17, 15) is 0 Å². The Morgan fingerprint density at radius 2 is 2.00 bits per heavy atom. The second-order valence-electron chi connectivity index (χ2n) is 5.40. The lowest BCUT2D eigenvalue weighted by atomic mass is 9.77. The average Bonchev–Trinajstić information content (AvgIpc) is 2.56. The van der Waals surface area contributed by atoms with E-state index in [1.165, 1.54) is 38.6 Å². The van der Waals surface area contributed by atoms with Crippen LogP contribution in [-0.4, -0.2) is 36.6 Å². The van der Waals surface area contributed by atoms with E-state index in [1.54, 1.807) is 0 Å². The molecule has 0 radical (unpaired) electrons. The molecule has 0 bridgehead atoms. The molecule has 1 aliphatic heterocycles. The summed E-state index contributed by atoms with van der Waals surface area (Å²) in [5.74, 6) is 0.921. The first-order chi connectivity index (χ1) is 7.27. The molecule has 88 valence electrons. The van der Waals surface area contributed by atoms with Crippen LogP contribution in [0.3, 0.4) is 0 Å². The Kier molecular flexibility index (Phi) is 3.68. The van der Waals surface area contributed by atoms with Gasteiger partial charge in [-0.2, -0.15) is 0 Å². The summed E-state index contributed by atoms with van der Waals surface area (Å²) in [6.07, 6.45) is 7.06. The highest BCUT2D eigenvalue weighted by Gasteiger charge is 2.42. The maximum atomic E-state index is 3.34. The monoisotopic (exact) mass is 210 g/mol. The summed E-state index contributed by atoms with van der Waals surface area (Å²) < 4.78 is 0. The minimum absolute atomic E-state index is 0.833. The first kappa shape index (κ1) is 11.4. The first-order valence-corrected chi connectivity index (χ1v) is 6.70. The van der Waals surface area contributed by atoms with Crippen LogP contribution >= 0.6 is 0 Å². The van der Waals surface area contributed by atoms with E-state index in [2.05, 4.69) is 31.1 Å². The van der Waals surface area contributed by atoms with Gasteiger partial charge in [0.15, 0.2) is 0 Å². The average molecular weight is 210 g/mol. The zero-order valence-electron chi connectivity index (χ0n) is 10.5. The summed E-state index contributed by atoms with van der Waals surface area (Å²) in [7, 11) is 2.08. The molecule has 1 saturated heterocycles. The van der Waals surface area contributed by atoms with Gasteiger partial charge in [-0.25, -0.2) is 0 Å². The maximum absolute atomic E-state index is 3.34. The van der Waals surface area contributed by atoms with Gasteiger partial charge in [-0.15, -0.1) is 0 Å². The van der Waals surface area contributed by atoms with Crippen molar-refractivity contribution in [2.75, 3.05) is 13.6 Å². The minimum Gasteiger partial charge on any atom is -0.319 e. The molecular formula is C13H26N2. The Morgan fingerprint density at radius 1 is 1.20 bits per heavy atom.